The molecule has 0 amide bonds. The van der Waals surface area contributed by atoms with Crippen molar-refractivity contribution in [3.8, 4) is 5.75 Å². The summed E-state index contributed by atoms with van der Waals surface area (Å²) in [7, 11) is -5.09. The first-order valence-corrected chi connectivity index (χ1v) is 5.53. The first-order valence-electron chi connectivity index (χ1n) is 4.20. The van der Waals surface area contributed by atoms with E-state index in [1.54, 1.807) is 0 Å². The van der Waals surface area contributed by atoms with Gasteiger partial charge in [-0.1, -0.05) is 0 Å². The van der Waals surface area contributed by atoms with Crippen LogP contribution in [0.4, 0.5) is 22.0 Å². The SMILES string of the molecule is O=S(=O)(OCC(F)(F)F)Oc1ccc(F)cc1F. The molecule has 0 saturated carbocycles. The summed E-state index contributed by atoms with van der Waals surface area (Å²) in [5, 5.41) is 0. The zero-order valence-corrected chi connectivity index (χ0v) is 9.19. The van der Waals surface area contributed by atoms with Crippen molar-refractivity contribution < 1.29 is 38.7 Å². The molecule has 1 aromatic carbocycles. The molecule has 0 aromatic heterocycles. The molecule has 0 heterocycles. The predicted octanol–water partition coefficient (Wildman–Crippen LogP) is 2.17. The topological polar surface area (TPSA) is 52.6 Å². The molecule has 4 nitrogen and oxygen atoms in total. The quantitative estimate of drug-likeness (QED) is 0.798. The lowest BCUT2D eigenvalue weighted by Crippen LogP contribution is -2.23. The molecule has 0 bridgehead atoms. The van der Waals surface area contributed by atoms with Crippen LogP contribution in [0.25, 0.3) is 0 Å². The molecule has 1 rings (SSSR count). The highest BCUT2D eigenvalue weighted by Crippen LogP contribution is 2.21. The predicted molar refractivity (Wildman–Crippen MR) is 47.9 cm³/mol. The van der Waals surface area contributed by atoms with Crippen LogP contribution in [0.15, 0.2) is 18.2 Å². The zero-order valence-electron chi connectivity index (χ0n) is 8.37. The average molecular weight is 292 g/mol. The van der Waals surface area contributed by atoms with Gasteiger partial charge < -0.3 is 4.18 Å². The summed E-state index contributed by atoms with van der Waals surface area (Å²) >= 11 is 0. The number of alkyl halides is 3. The van der Waals surface area contributed by atoms with Crippen LogP contribution >= 0.6 is 0 Å². The summed E-state index contributed by atoms with van der Waals surface area (Å²) in [4.78, 5) is 0. The minimum atomic E-state index is -5.09. The highest BCUT2D eigenvalue weighted by atomic mass is 32.3. The molecule has 0 saturated heterocycles. The Balaban J connectivity index is 2.77. The van der Waals surface area contributed by atoms with Gasteiger partial charge in [0.15, 0.2) is 18.2 Å². The number of halogens is 5. The lowest BCUT2D eigenvalue weighted by Gasteiger charge is -2.09. The zero-order chi connectivity index (χ0) is 14.0. The third kappa shape index (κ3) is 4.84. The molecular formula is C8H5F5O4S. The van der Waals surface area contributed by atoms with Crippen molar-refractivity contribution in [2.24, 2.45) is 0 Å². The summed E-state index contributed by atoms with van der Waals surface area (Å²) in [6.07, 6.45) is -4.89. The molecule has 0 fully saturated rings. The Morgan fingerprint density at radius 2 is 1.78 bits per heavy atom. The van der Waals surface area contributed by atoms with Gasteiger partial charge in [-0.25, -0.2) is 13.0 Å². The van der Waals surface area contributed by atoms with Crippen LogP contribution in [0.2, 0.25) is 0 Å². The molecule has 0 radical (unpaired) electrons. The third-order valence-corrected chi connectivity index (χ3v) is 2.24. The number of rotatable bonds is 4. The molecule has 0 N–H and O–H groups in total. The van der Waals surface area contributed by atoms with Gasteiger partial charge in [-0.15, -0.1) is 0 Å². The van der Waals surface area contributed by atoms with E-state index >= 15 is 0 Å². The summed E-state index contributed by atoms with van der Waals surface area (Å²) in [5.41, 5.74) is 0. The van der Waals surface area contributed by atoms with Gasteiger partial charge in [0.2, 0.25) is 0 Å². The molecule has 102 valence electrons. The van der Waals surface area contributed by atoms with Crippen LogP contribution in [0.3, 0.4) is 0 Å². The molecule has 0 unspecified atom stereocenters. The van der Waals surface area contributed by atoms with Gasteiger partial charge >= 0.3 is 16.6 Å². The maximum absolute atomic E-state index is 12.9. The van der Waals surface area contributed by atoms with Crippen molar-refractivity contribution in [3.63, 3.8) is 0 Å². The first-order chi connectivity index (χ1) is 8.09. The van der Waals surface area contributed by atoms with Gasteiger partial charge in [0.1, 0.15) is 5.82 Å². The summed E-state index contributed by atoms with van der Waals surface area (Å²) in [6.45, 7) is -2.11. The fourth-order valence-corrected chi connectivity index (χ4v) is 1.50. The van der Waals surface area contributed by atoms with Crippen LogP contribution in [-0.2, 0) is 14.6 Å². The third-order valence-electron chi connectivity index (χ3n) is 1.45. The van der Waals surface area contributed by atoms with Crippen LogP contribution < -0.4 is 4.18 Å². The molecule has 0 aliphatic carbocycles. The van der Waals surface area contributed by atoms with Crippen molar-refractivity contribution in [2.45, 2.75) is 6.18 Å². The second-order valence-electron chi connectivity index (χ2n) is 2.94. The van der Waals surface area contributed by atoms with E-state index in [9.17, 15) is 30.4 Å². The number of hydrogen-bond acceptors (Lipinski definition) is 4. The van der Waals surface area contributed by atoms with E-state index in [-0.39, 0.29) is 0 Å². The largest absolute Gasteiger partial charge is 0.449 e. The van der Waals surface area contributed by atoms with Gasteiger partial charge in [-0.05, 0) is 12.1 Å². The Morgan fingerprint density at radius 3 is 2.28 bits per heavy atom. The Bertz CT molecular complexity index is 525. The molecule has 0 atom stereocenters. The maximum Gasteiger partial charge on any atom is 0.449 e. The van der Waals surface area contributed by atoms with Crippen molar-refractivity contribution in [2.75, 3.05) is 6.61 Å². The van der Waals surface area contributed by atoms with E-state index in [4.69, 9.17) is 0 Å². The lowest BCUT2D eigenvalue weighted by molar-refractivity contribution is -0.153. The minimum Gasteiger partial charge on any atom is -0.359 e. The lowest BCUT2D eigenvalue weighted by atomic mass is 10.3. The number of hydrogen-bond donors (Lipinski definition) is 0. The Kier molecular flexibility index (Phi) is 4.12. The van der Waals surface area contributed by atoms with Crippen LogP contribution in [0.1, 0.15) is 0 Å². The molecular weight excluding hydrogens is 287 g/mol. The van der Waals surface area contributed by atoms with Crippen LogP contribution in [-0.4, -0.2) is 21.2 Å². The van der Waals surface area contributed by atoms with Gasteiger partial charge in [0.05, 0.1) is 0 Å². The average Bonchev–Trinajstić information content (AvgIpc) is 2.19. The second kappa shape index (κ2) is 5.06. The Hall–Kier alpha value is -1.42. The fourth-order valence-electron chi connectivity index (χ4n) is 0.816. The summed E-state index contributed by atoms with van der Waals surface area (Å²) < 4.78 is 89.6. The van der Waals surface area contributed by atoms with Crippen molar-refractivity contribution in [1.82, 2.24) is 0 Å². The van der Waals surface area contributed by atoms with Crippen molar-refractivity contribution in [3.05, 3.63) is 29.8 Å². The number of benzene rings is 1. The fraction of sp³-hybridized carbons (Fsp3) is 0.250. The highest BCUT2D eigenvalue weighted by Gasteiger charge is 2.32. The highest BCUT2D eigenvalue weighted by molar-refractivity contribution is 7.82. The minimum absolute atomic E-state index is 0.300. The molecule has 0 spiro atoms. The second-order valence-corrected chi connectivity index (χ2v) is 4.16. The van der Waals surface area contributed by atoms with Gasteiger partial charge in [0.25, 0.3) is 0 Å². The van der Waals surface area contributed by atoms with Crippen molar-refractivity contribution in [1.29, 1.82) is 0 Å². The molecule has 1 aromatic rings. The Morgan fingerprint density at radius 1 is 1.17 bits per heavy atom. The van der Waals surface area contributed by atoms with Gasteiger partial charge in [0, 0.05) is 6.07 Å². The van der Waals surface area contributed by atoms with Crippen LogP contribution in [0, 0.1) is 11.6 Å². The van der Waals surface area contributed by atoms with E-state index in [0.717, 1.165) is 0 Å². The van der Waals surface area contributed by atoms with E-state index in [2.05, 4.69) is 8.37 Å². The first kappa shape index (κ1) is 14.6. The maximum atomic E-state index is 12.9. The van der Waals surface area contributed by atoms with Gasteiger partial charge in [-0.2, -0.15) is 21.6 Å². The molecule has 0 aliphatic heterocycles. The van der Waals surface area contributed by atoms with E-state index in [0.29, 0.717) is 18.2 Å². The van der Waals surface area contributed by atoms with E-state index in [1.165, 1.54) is 0 Å². The van der Waals surface area contributed by atoms with E-state index in [1.807, 2.05) is 0 Å². The standard InChI is InChI=1S/C8H5F5O4S/c9-5-1-2-7(6(10)3-5)17-18(14,15)16-4-8(11,12)13/h1-3H,4H2. The Labute approximate surface area is 98.3 Å². The van der Waals surface area contributed by atoms with Crippen LogP contribution in [0.5, 0.6) is 5.75 Å². The molecule has 10 heteroatoms. The van der Waals surface area contributed by atoms with Crippen molar-refractivity contribution >= 4 is 10.4 Å². The monoisotopic (exact) mass is 292 g/mol. The summed E-state index contributed by atoms with van der Waals surface area (Å²) in [6, 6.07) is 1.56. The normalized spacial score (nSPS) is 12.5. The summed E-state index contributed by atoms with van der Waals surface area (Å²) in [5.74, 6) is -3.37. The molecule has 0 aliphatic rings. The smallest absolute Gasteiger partial charge is 0.359 e. The van der Waals surface area contributed by atoms with Gasteiger partial charge in [-0.3, -0.25) is 0 Å². The molecule has 18 heavy (non-hydrogen) atoms. The van der Waals surface area contributed by atoms with E-state index < -0.39 is 40.6 Å².